The van der Waals surface area contributed by atoms with Crippen molar-refractivity contribution in [3.63, 3.8) is 0 Å². The van der Waals surface area contributed by atoms with Crippen LogP contribution in [0.3, 0.4) is 0 Å². The topological polar surface area (TPSA) is 55.4 Å². The van der Waals surface area contributed by atoms with E-state index < -0.39 is 5.97 Å². The average molecular weight is 343 g/mol. The molecule has 2 rings (SSSR count). The fraction of sp³-hybridized carbons (Fsp3) is 0.263. The molecule has 4 nitrogen and oxygen atoms in total. The van der Waals surface area contributed by atoms with Crippen molar-refractivity contribution in [2.24, 2.45) is 0 Å². The number of amides is 1. The molecule has 0 fully saturated rings. The minimum atomic E-state index is -0.475. The van der Waals surface area contributed by atoms with E-state index in [0.29, 0.717) is 12.1 Å². The van der Waals surface area contributed by atoms with Gasteiger partial charge in [-0.3, -0.25) is 4.79 Å². The summed E-state index contributed by atoms with van der Waals surface area (Å²) in [7, 11) is 0. The highest BCUT2D eigenvalue weighted by Crippen LogP contribution is 2.17. The molecule has 0 heterocycles. The van der Waals surface area contributed by atoms with Gasteiger partial charge in [0.15, 0.2) is 6.61 Å². The molecule has 0 radical (unpaired) electrons. The van der Waals surface area contributed by atoms with E-state index >= 15 is 0 Å². The van der Waals surface area contributed by atoms with E-state index in [2.05, 4.69) is 29.6 Å². The van der Waals surface area contributed by atoms with Crippen LogP contribution < -0.4 is 5.32 Å². The summed E-state index contributed by atoms with van der Waals surface area (Å²) in [6.45, 7) is 4.15. The van der Waals surface area contributed by atoms with Gasteiger partial charge in [-0.2, -0.15) is 0 Å². The smallest absolute Gasteiger partial charge is 0.338 e. The molecular weight excluding hydrogens is 322 g/mol. The zero-order chi connectivity index (χ0) is 17.4. The SMILES string of the molecule is Cc1ccc(SCCNC(=O)COC(=O)c2ccccc2C)cc1. The van der Waals surface area contributed by atoms with Gasteiger partial charge in [0.05, 0.1) is 5.56 Å². The van der Waals surface area contributed by atoms with Crippen LogP contribution >= 0.6 is 11.8 Å². The summed E-state index contributed by atoms with van der Waals surface area (Å²) in [6, 6.07) is 15.4. The van der Waals surface area contributed by atoms with Gasteiger partial charge in [0.2, 0.25) is 0 Å². The Hall–Kier alpha value is -2.27. The number of benzene rings is 2. The summed E-state index contributed by atoms with van der Waals surface area (Å²) in [5, 5.41) is 2.75. The molecule has 126 valence electrons. The summed E-state index contributed by atoms with van der Waals surface area (Å²) in [5.41, 5.74) is 2.54. The fourth-order valence-corrected chi connectivity index (χ4v) is 2.82. The highest BCUT2D eigenvalue weighted by molar-refractivity contribution is 7.99. The highest BCUT2D eigenvalue weighted by Gasteiger charge is 2.11. The predicted octanol–water partition coefficient (Wildman–Crippen LogP) is 3.37. The summed E-state index contributed by atoms with van der Waals surface area (Å²) in [5.74, 6) is -0.000648. The van der Waals surface area contributed by atoms with E-state index in [1.807, 2.05) is 26.0 Å². The predicted molar refractivity (Wildman–Crippen MR) is 96.4 cm³/mol. The Morgan fingerprint density at radius 3 is 2.46 bits per heavy atom. The second-order valence-electron chi connectivity index (χ2n) is 5.40. The number of aryl methyl sites for hydroxylation is 2. The molecule has 1 amide bonds. The Morgan fingerprint density at radius 2 is 1.75 bits per heavy atom. The quantitative estimate of drug-likeness (QED) is 0.476. The van der Waals surface area contributed by atoms with Gasteiger partial charge in [-0.1, -0.05) is 35.9 Å². The lowest BCUT2D eigenvalue weighted by Gasteiger charge is -2.08. The first kappa shape index (κ1) is 18.1. The number of esters is 1. The van der Waals surface area contributed by atoms with Crippen LogP contribution in [0.2, 0.25) is 0 Å². The zero-order valence-electron chi connectivity index (χ0n) is 13.9. The normalized spacial score (nSPS) is 10.2. The van der Waals surface area contributed by atoms with E-state index in [1.165, 1.54) is 10.5 Å². The van der Waals surface area contributed by atoms with Crippen LogP contribution in [-0.4, -0.2) is 30.8 Å². The van der Waals surface area contributed by atoms with Gasteiger partial charge in [-0.25, -0.2) is 4.79 Å². The molecule has 0 spiro atoms. The molecule has 0 atom stereocenters. The molecule has 0 aliphatic carbocycles. The zero-order valence-corrected chi connectivity index (χ0v) is 14.7. The third-order valence-corrected chi connectivity index (χ3v) is 4.43. The number of rotatable bonds is 7. The molecule has 0 aliphatic rings. The number of thioether (sulfide) groups is 1. The second-order valence-corrected chi connectivity index (χ2v) is 6.57. The van der Waals surface area contributed by atoms with Crippen molar-refractivity contribution >= 4 is 23.6 Å². The van der Waals surface area contributed by atoms with Crippen LogP contribution in [0.25, 0.3) is 0 Å². The summed E-state index contributed by atoms with van der Waals surface area (Å²) in [4.78, 5) is 24.8. The molecule has 0 saturated heterocycles. The monoisotopic (exact) mass is 343 g/mol. The Morgan fingerprint density at radius 1 is 1.04 bits per heavy atom. The molecule has 0 unspecified atom stereocenters. The maximum absolute atomic E-state index is 11.9. The van der Waals surface area contributed by atoms with Crippen LogP contribution in [0.1, 0.15) is 21.5 Å². The van der Waals surface area contributed by atoms with Crippen molar-refractivity contribution < 1.29 is 14.3 Å². The first-order valence-electron chi connectivity index (χ1n) is 7.75. The first-order valence-corrected chi connectivity index (χ1v) is 8.74. The third-order valence-electron chi connectivity index (χ3n) is 3.41. The number of hydrogen-bond donors (Lipinski definition) is 1. The van der Waals surface area contributed by atoms with Crippen LogP contribution in [0.15, 0.2) is 53.4 Å². The van der Waals surface area contributed by atoms with Gasteiger partial charge >= 0.3 is 5.97 Å². The second kappa shape index (κ2) is 9.13. The molecule has 2 aromatic rings. The van der Waals surface area contributed by atoms with Gasteiger partial charge in [0.25, 0.3) is 5.91 Å². The number of hydrogen-bond acceptors (Lipinski definition) is 4. The third kappa shape index (κ3) is 5.74. The van der Waals surface area contributed by atoms with Crippen molar-refractivity contribution in [1.29, 1.82) is 0 Å². The number of carbonyl (C=O) groups is 2. The Kier molecular flexibility index (Phi) is 6.88. The average Bonchev–Trinajstić information content (AvgIpc) is 2.58. The Balaban J connectivity index is 1.65. The number of ether oxygens (including phenoxy) is 1. The van der Waals surface area contributed by atoms with Crippen LogP contribution in [0.5, 0.6) is 0 Å². The molecule has 1 N–H and O–H groups in total. The Bertz CT molecular complexity index is 698. The maximum atomic E-state index is 11.9. The van der Waals surface area contributed by atoms with Crippen molar-refractivity contribution in [3.05, 3.63) is 65.2 Å². The maximum Gasteiger partial charge on any atom is 0.338 e. The van der Waals surface area contributed by atoms with Gasteiger partial charge in [-0.05, 0) is 37.6 Å². The molecule has 2 aromatic carbocycles. The molecular formula is C19H21NO3S. The van der Waals surface area contributed by atoms with Crippen LogP contribution in [-0.2, 0) is 9.53 Å². The lowest BCUT2D eigenvalue weighted by molar-refractivity contribution is -0.124. The molecule has 24 heavy (non-hydrogen) atoms. The molecule has 5 heteroatoms. The minimum Gasteiger partial charge on any atom is -0.452 e. The fourth-order valence-electron chi connectivity index (χ4n) is 2.06. The number of carbonyl (C=O) groups excluding carboxylic acids is 2. The van der Waals surface area contributed by atoms with E-state index in [4.69, 9.17) is 4.74 Å². The van der Waals surface area contributed by atoms with Gasteiger partial charge in [-0.15, -0.1) is 11.8 Å². The summed E-state index contributed by atoms with van der Waals surface area (Å²) >= 11 is 1.67. The van der Waals surface area contributed by atoms with E-state index in [0.717, 1.165) is 11.3 Å². The van der Waals surface area contributed by atoms with Crippen LogP contribution in [0, 0.1) is 13.8 Å². The molecule has 0 saturated carbocycles. The first-order chi connectivity index (χ1) is 11.6. The van der Waals surface area contributed by atoms with Crippen molar-refractivity contribution in [3.8, 4) is 0 Å². The van der Waals surface area contributed by atoms with Gasteiger partial charge < -0.3 is 10.1 Å². The van der Waals surface area contributed by atoms with Gasteiger partial charge in [0.1, 0.15) is 0 Å². The van der Waals surface area contributed by atoms with Crippen LogP contribution in [0.4, 0.5) is 0 Å². The van der Waals surface area contributed by atoms with Gasteiger partial charge in [0, 0.05) is 17.2 Å². The lowest BCUT2D eigenvalue weighted by atomic mass is 10.1. The highest BCUT2D eigenvalue weighted by atomic mass is 32.2. The standard InChI is InChI=1S/C19H21NO3S/c1-14-7-9-16(10-8-14)24-12-11-20-18(21)13-23-19(22)17-6-4-3-5-15(17)2/h3-10H,11-13H2,1-2H3,(H,20,21). The van der Waals surface area contributed by atoms with Crippen molar-refractivity contribution in [2.75, 3.05) is 18.9 Å². The lowest BCUT2D eigenvalue weighted by Crippen LogP contribution is -2.30. The summed E-state index contributed by atoms with van der Waals surface area (Å²) in [6.07, 6.45) is 0. The van der Waals surface area contributed by atoms with Crippen molar-refractivity contribution in [2.45, 2.75) is 18.7 Å². The summed E-state index contributed by atoms with van der Waals surface area (Å²) < 4.78 is 5.04. The van der Waals surface area contributed by atoms with E-state index in [1.54, 1.807) is 23.9 Å². The molecule has 0 aromatic heterocycles. The minimum absolute atomic E-state index is 0.262. The number of nitrogens with one attached hydrogen (secondary N) is 1. The molecule has 0 bridgehead atoms. The Labute approximate surface area is 146 Å². The largest absolute Gasteiger partial charge is 0.452 e. The van der Waals surface area contributed by atoms with E-state index in [9.17, 15) is 9.59 Å². The van der Waals surface area contributed by atoms with E-state index in [-0.39, 0.29) is 12.5 Å². The molecule has 0 aliphatic heterocycles. The van der Waals surface area contributed by atoms with Crippen molar-refractivity contribution in [1.82, 2.24) is 5.32 Å².